The molecule has 1 N–H and O–H groups in total. The summed E-state index contributed by atoms with van der Waals surface area (Å²) in [5.74, 6) is 1.07. The zero-order valence-electron chi connectivity index (χ0n) is 9.71. The first-order valence-electron chi connectivity index (χ1n) is 5.75. The zero-order valence-corrected chi connectivity index (χ0v) is 9.71. The standard InChI is InChI=1S/C13H19NO/c1-4-12-8-10-7-11(14-9(2)3)5-6-13(10)15-12/h5-7,9,12,14H,4,8H2,1-3H3. The Kier molecular flexibility index (Phi) is 2.85. The molecule has 1 aliphatic heterocycles. The Morgan fingerprint density at radius 2 is 2.27 bits per heavy atom. The Hall–Kier alpha value is -1.18. The van der Waals surface area contributed by atoms with Gasteiger partial charge in [0.15, 0.2) is 0 Å². The number of nitrogens with one attached hydrogen (secondary N) is 1. The van der Waals surface area contributed by atoms with E-state index in [1.54, 1.807) is 0 Å². The van der Waals surface area contributed by atoms with Gasteiger partial charge in [0.1, 0.15) is 11.9 Å². The van der Waals surface area contributed by atoms with E-state index in [4.69, 9.17) is 4.74 Å². The number of hydrogen-bond acceptors (Lipinski definition) is 2. The lowest BCUT2D eigenvalue weighted by Gasteiger charge is -2.10. The van der Waals surface area contributed by atoms with Crippen LogP contribution >= 0.6 is 0 Å². The summed E-state index contributed by atoms with van der Waals surface area (Å²) in [7, 11) is 0. The normalized spacial score (nSPS) is 18.8. The fraction of sp³-hybridized carbons (Fsp3) is 0.538. The van der Waals surface area contributed by atoms with Gasteiger partial charge in [-0.1, -0.05) is 6.92 Å². The van der Waals surface area contributed by atoms with Gasteiger partial charge in [-0.25, -0.2) is 0 Å². The third-order valence-electron chi connectivity index (χ3n) is 2.71. The van der Waals surface area contributed by atoms with Crippen LogP contribution in [0.1, 0.15) is 32.8 Å². The van der Waals surface area contributed by atoms with Gasteiger partial charge in [-0.3, -0.25) is 0 Å². The molecular formula is C13H19NO. The van der Waals surface area contributed by atoms with E-state index < -0.39 is 0 Å². The summed E-state index contributed by atoms with van der Waals surface area (Å²) in [4.78, 5) is 0. The second-order valence-corrected chi connectivity index (χ2v) is 4.47. The summed E-state index contributed by atoms with van der Waals surface area (Å²) < 4.78 is 5.79. The molecule has 0 aromatic heterocycles. The number of ether oxygens (including phenoxy) is 1. The lowest BCUT2D eigenvalue weighted by atomic mass is 10.1. The third kappa shape index (κ3) is 2.25. The molecule has 0 amide bonds. The Labute approximate surface area is 91.6 Å². The van der Waals surface area contributed by atoms with E-state index in [1.165, 1.54) is 11.3 Å². The van der Waals surface area contributed by atoms with E-state index >= 15 is 0 Å². The predicted octanol–water partition coefficient (Wildman–Crippen LogP) is 3.22. The minimum atomic E-state index is 0.384. The van der Waals surface area contributed by atoms with Crippen molar-refractivity contribution >= 4 is 5.69 Å². The number of hydrogen-bond donors (Lipinski definition) is 1. The number of rotatable bonds is 3. The van der Waals surface area contributed by atoms with E-state index in [2.05, 4.69) is 44.3 Å². The Balaban J connectivity index is 2.15. The van der Waals surface area contributed by atoms with Gasteiger partial charge in [-0.15, -0.1) is 0 Å². The first-order valence-corrected chi connectivity index (χ1v) is 5.75. The summed E-state index contributed by atoms with van der Waals surface area (Å²) in [6.07, 6.45) is 2.52. The van der Waals surface area contributed by atoms with Crippen LogP contribution < -0.4 is 10.1 Å². The Morgan fingerprint density at radius 3 is 2.93 bits per heavy atom. The Morgan fingerprint density at radius 1 is 1.47 bits per heavy atom. The average Bonchev–Trinajstić information content (AvgIpc) is 2.58. The maximum atomic E-state index is 5.79. The third-order valence-corrected chi connectivity index (χ3v) is 2.71. The summed E-state index contributed by atoms with van der Waals surface area (Å²) in [5, 5.41) is 3.41. The van der Waals surface area contributed by atoms with Gasteiger partial charge in [0.25, 0.3) is 0 Å². The molecule has 0 saturated carbocycles. The van der Waals surface area contributed by atoms with Crippen molar-refractivity contribution in [3.05, 3.63) is 23.8 Å². The van der Waals surface area contributed by atoms with Crippen molar-refractivity contribution in [1.29, 1.82) is 0 Å². The molecule has 1 aromatic rings. The molecule has 2 nitrogen and oxygen atoms in total. The molecule has 0 fully saturated rings. The van der Waals surface area contributed by atoms with Crippen LogP contribution in [0.4, 0.5) is 5.69 Å². The summed E-state index contributed by atoms with van der Waals surface area (Å²) in [5.41, 5.74) is 2.54. The number of anilines is 1. The van der Waals surface area contributed by atoms with Gasteiger partial charge >= 0.3 is 0 Å². The SMILES string of the molecule is CCC1Cc2cc(NC(C)C)ccc2O1. The molecule has 82 valence electrons. The first kappa shape index (κ1) is 10.3. The highest BCUT2D eigenvalue weighted by atomic mass is 16.5. The maximum Gasteiger partial charge on any atom is 0.123 e. The van der Waals surface area contributed by atoms with Gasteiger partial charge in [0.2, 0.25) is 0 Å². The zero-order chi connectivity index (χ0) is 10.8. The second-order valence-electron chi connectivity index (χ2n) is 4.47. The van der Waals surface area contributed by atoms with E-state index in [9.17, 15) is 0 Å². The highest BCUT2D eigenvalue weighted by Crippen LogP contribution is 2.32. The van der Waals surface area contributed by atoms with Crippen molar-refractivity contribution in [1.82, 2.24) is 0 Å². The van der Waals surface area contributed by atoms with Crippen LogP contribution in [0.2, 0.25) is 0 Å². The highest BCUT2D eigenvalue weighted by Gasteiger charge is 2.21. The van der Waals surface area contributed by atoms with Crippen molar-refractivity contribution in [2.45, 2.75) is 45.8 Å². The van der Waals surface area contributed by atoms with Crippen molar-refractivity contribution in [2.24, 2.45) is 0 Å². The van der Waals surface area contributed by atoms with Crippen molar-refractivity contribution in [2.75, 3.05) is 5.32 Å². The molecule has 2 heteroatoms. The predicted molar refractivity (Wildman–Crippen MR) is 63.6 cm³/mol. The smallest absolute Gasteiger partial charge is 0.123 e. The molecule has 1 heterocycles. The molecule has 2 rings (SSSR count). The molecule has 0 radical (unpaired) electrons. The van der Waals surface area contributed by atoms with Crippen LogP contribution in [0, 0.1) is 0 Å². The number of benzene rings is 1. The monoisotopic (exact) mass is 205 g/mol. The molecule has 1 unspecified atom stereocenters. The minimum absolute atomic E-state index is 0.384. The van der Waals surface area contributed by atoms with Crippen molar-refractivity contribution in [3.8, 4) is 5.75 Å². The van der Waals surface area contributed by atoms with Crippen LogP contribution in [0.15, 0.2) is 18.2 Å². The fourth-order valence-corrected chi connectivity index (χ4v) is 1.97. The lowest BCUT2D eigenvalue weighted by molar-refractivity contribution is 0.228. The van der Waals surface area contributed by atoms with Crippen LogP contribution in [0.25, 0.3) is 0 Å². The van der Waals surface area contributed by atoms with Gasteiger partial charge < -0.3 is 10.1 Å². The quantitative estimate of drug-likeness (QED) is 0.818. The molecule has 1 aromatic carbocycles. The van der Waals surface area contributed by atoms with Crippen LogP contribution in [-0.2, 0) is 6.42 Å². The van der Waals surface area contributed by atoms with Crippen molar-refractivity contribution in [3.63, 3.8) is 0 Å². The van der Waals surface area contributed by atoms with Gasteiger partial charge in [-0.2, -0.15) is 0 Å². The highest BCUT2D eigenvalue weighted by molar-refractivity contribution is 5.53. The van der Waals surface area contributed by atoms with E-state index in [-0.39, 0.29) is 0 Å². The van der Waals surface area contributed by atoms with Gasteiger partial charge in [0.05, 0.1) is 0 Å². The van der Waals surface area contributed by atoms with Crippen molar-refractivity contribution < 1.29 is 4.74 Å². The largest absolute Gasteiger partial charge is 0.490 e. The van der Waals surface area contributed by atoms with Crippen LogP contribution in [0.3, 0.4) is 0 Å². The minimum Gasteiger partial charge on any atom is -0.490 e. The van der Waals surface area contributed by atoms with Crippen LogP contribution in [0.5, 0.6) is 5.75 Å². The topological polar surface area (TPSA) is 21.3 Å². The summed E-state index contributed by atoms with van der Waals surface area (Å²) >= 11 is 0. The average molecular weight is 205 g/mol. The molecule has 0 saturated heterocycles. The molecule has 1 atom stereocenters. The Bertz CT molecular complexity index is 346. The molecule has 15 heavy (non-hydrogen) atoms. The fourth-order valence-electron chi connectivity index (χ4n) is 1.97. The van der Waals surface area contributed by atoms with Gasteiger partial charge in [0, 0.05) is 18.2 Å². The molecule has 0 spiro atoms. The van der Waals surface area contributed by atoms with E-state index in [0.29, 0.717) is 12.1 Å². The second kappa shape index (κ2) is 4.13. The lowest BCUT2D eigenvalue weighted by Crippen LogP contribution is -2.10. The maximum absolute atomic E-state index is 5.79. The van der Waals surface area contributed by atoms with Gasteiger partial charge in [-0.05, 0) is 44.0 Å². The molecule has 0 bridgehead atoms. The molecule has 0 aliphatic carbocycles. The summed E-state index contributed by atoms with van der Waals surface area (Å²) in [6, 6.07) is 6.87. The molecule has 1 aliphatic rings. The number of fused-ring (bicyclic) bond motifs is 1. The van der Waals surface area contributed by atoms with E-state index in [0.717, 1.165) is 18.6 Å². The van der Waals surface area contributed by atoms with Crippen LogP contribution in [-0.4, -0.2) is 12.1 Å². The van der Waals surface area contributed by atoms with E-state index in [1.807, 2.05) is 0 Å². The molecular weight excluding hydrogens is 186 g/mol. The summed E-state index contributed by atoms with van der Waals surface area (Å²) in [6.45, 7) is 6.47. The first-order chi connectivity index (χ1) is 7.19.